The van der Waals surface area contributed by atoms with Crippen LogP contribution < -0.4 is 10.6 Å². The van der Waals surface area contributed by atoms with Crippen LogP contribution in [-0.2, 0) is 6.54 Å². The number of carbonyl (C=O) groups is 2. The minimum Gasteiger partial charge on any atom is -0.349 e. The third kappa shape index (κ3) is 3.66. The first-order chi connectivity index (χ1) is 10.7. The lowest BCUT2D eigenvalue weighted by Crippen LogP contribution is -2.27. The number of hydrogen-bond acceptors (Lipinski definition) is 4. The molecule has 0 atom stereocenters. The SMILES string of the molecule is O=C(NC1CC1)c1ccnc(C(=O)NCc2ccncc2)c1. The third-order valence-corrected chi connectivity index (χ3v) is 3.37. The Labute approximate surface area is 128 Å². The molecule has 0 unspecified atom stereocenters. The maximum absolute atomic E-state index is 12.1. The molecule has 6 nitrogen and oxygen atoms in total. The van der Waals surface area contributed by atoms with Crippen molar-refractivity contribution in [1.82, 2.24) is 20.6 Å². The zero-order valence-corrected chi connectivity index (χ0v) is 12.0. The summed E-state index contributed by atoms with van der Waals surface area (Å²) in [6.45, 7) is 0.390. The Morgan fingerprint density at radius 3 is 2.59 bits per heavy atom. The second-order valence-corrected chi connectivity index (χ2v) is 5.22. The van der Waals surface area contributed by atoms with Crippen molar-refractivity contribution in [3.05, 3.63) is 59.7 Å². The predicted octanol–water partition coefficient (Wildman–Crippen LogP) is 1.30. The van der Waals surface area contributed by atoms with Gasteiger partial charge in [0, 0.05) is 36.7 Å². The average molecular weight is 296 g/mol. The van der Waals surface area contributed by atoms with Crippen LogP contribution in [0.3, 0.4) is 0 Å². The van der Waals surface area contributed by atoms with Gasteiger partial charge >= 0.3 is 0 Å². The van der Waals surface area contributed by atoms with E-state index < -0.39 is 0 Å². The van der Waals surface area contributed by atoms with E-state index in [2.05, 4.69) is 20.6 Å². The Hall–Kier alpha value is -2.76. The second kappa shape index (κ2) is 6.34. The molecule has 1 aliphatic rings. The number of hydrogen-bond donors (Lipinski definition) is 2. The van der Waals surface area contributed by atoms with Gasteiger partial charge in [0.2, 0.25) is 0 Å². The van der Waals surface area contributed by atoms with E-state index in [1.807, 2.05) is 12.1 Å². The summed E-state index contributed by atoms with van der Waals surface area (Å²) in [4.78, 5) is 32.0. The largest absolute Gasteiger partial charge is 0.349 e. The molecule has 1 aliphatic carbocycles. The minimum atomic E-state index is -0.308. The smallest absolute Gasteiger partial charge is 0.270 e. The van der Waals surface area contributed by atoms with Crippen LogP contribution in [0.2, 0.25) is 0 Å². The summed E-state index contributed by atoms with van der Waals surface area (Å²) in [5, 5.41) is 5.66. The van der Waals surface area contributed by atoms with Gasteiger partial charge < -0.3 is 10.6 Å². The quantitative estimate of drug-likeness (QED) is 0.871. The zero-order valence-electron chi connectivity index (χ0n) is 12.0. The van der Waals surface area contributed by atoms with E-state index in [9.17, 15) is 9.59 Å². The highest BCUT2D eigenvalue weighted by molar-refractivity contribution is 5.98. The fourth-order valence-corrected chi connectivity index (χ4v) is 1.97. The van der Waals surface area contributed by atoms with E-state index in [0.717, 1.165) is 18.4 Å². The highest BCUT2D eigenvalue weighted by Crippen LogP contribution is 2.19. The van der Waals surface area contributed by atoms with Crippen molar-refractivity contribution in [3.8, 4) is 0 Å². The molecule has 1 saturated carbocycles. The standard InChI is InChI=1S/C16H16N4O2/c21-15(20-13-1-2-13)12-5-8-18-14(9-12)16(22)19-10-11-3-6-17-7-4-11/h3-9,13H,1-2,10H2,(H,19,22)(H,20,21). The molecule has 3 rings (SSSR count). The fourth-order valence-electron chi connectivity index (χ4n) is 1.97. The van der Waals surface area contributed by atoms with Crippen LogP contribution >= 0.6 is 0 Å². The van der Waals surface area contributed by atoms with Gasteiger partial charge in [0.25, 0.3) is 11.8 Å². The van der Waals surface area contributed by atoms with Gasteiger partial charge in [-0.25, -0.2) is 0 Å². The number of nitrogens with zero attached hydrogens (tertiary/aromatic N) is 2. The van der Waals surface area contributed by atoms with Crippen LogP contribution in [0.15, 0.2) is 42.9 Å². The lowest BCUT2D eigenvalue weighted by Gasteiger charge is -2.07. The molecule has 0 aliphatic heterocycles. The van der Waals surface area contributed by atoms with E-state index in [-0.39, 0.29) is 23.6 Å². The molecule has 2 N–H and O–H groups in total. The first kappa shape index (κ1) is 14.2. The fraction of sp³-hybridized carbons (Fsp3) is 0.250. The lowest BCUT2D eigenvalue weighted by atomic mass is 10.2. The van der Waals surface area contributed by atoms with Gasteiger partial charge in [0.15, 0.2) is 0 Å². The van der Waals surface area contributed by atoms with Crippen LogP contribution in [0, 0.1) is 0 Å². The summed E-state index contributed by atoms with van der Waals surface area (Å²) in [6, 6.07) is 7.06. The molecule has 0 bridgehead atoms. The molecule has 112 valence electrons. The van der Waals surface area contributed by atoms with Crippen molar-refractivity contribution in [2.75, 3.05) is 0 Å². The van der Waals surface area contributed by atoms with Crippen molar-refractivity contribution in [2.45, 2.75) is 25.4 Å². The molecule has 0 radical (unpaired) electrons. The number of rotatable bonds is 5. The average Bonchev–Trinajstić information content (AvgIpc) is 3.37. The first-order valence-corrected chi connectivity index (χ1v) is 7.16. The molecule has 2 aromatic heterocycles. The molecule has 0 saturated heterocycles. The molecular formula is C16H16N4O2. The Balaban J connectivity index is 1.63. The summed E-state index contributed by atoms with van der Waals surface area (Å²) >= 11 is 0. The molecule has 2 heterocycles. The number of nitrogens with one attached hydrogen (secondary N) is 2. The van der Waals surface area contributed by atoms with Crippen LogP contribution in [0.1, 0.15) is 39.3 Å². The van der Waals surface area contributed by atoms with Crippen molar-refractivity contribution in [3.63, 3.8) is 0 Å². The molecule has 1 fully saturated rings. The molecule has 6 heteroatoms. The highest BCUT2D eigenvalue weighted by atomic mass is 16.2. The monoisotopic (exact) mass is 296 g/mol. The number of pyridine rings is 2. The predicted molar refractivity (Wildman–Crippen MR) is 80.1 cm³/mol. The van der Waals surface area contributed by atoms with Gasteiger partial charge in [-0.3, -0.25) is 19.6 Å². The van der Waals surface area contributed by atoms with E-state index in [1.165, 1.54) is 12.3 Å². The van der Waals surface area contributed by atoms with Crippen molar-refractivity contribution in [1.29, 1.82) is 0 Å². The van der Waals surface area contributed by atoms with E-state index in [0.29, 0.717) is 12.1 Å². The Morgan fingerprint density at radius 1 is 1.09 bits per heavy atom. The van der Waals surface area contributed by atoms with Gasteiger partial charge in [-0.2, -0.15) is 0 Å². The third-order valence-electron chi connectivity index (χ3n) is 3.37. The molecule has 2 aromatic rings. The van der Waals surface area contributed by atoms with Gasteiger partial charge in [-0.15, -0.1) is 0 Å². The summed E-state index contributed by atoms with van der Waals surface area (Å²) < 4.78 is 0. The number of carbonyl (C=O) groups excluding carboxylic acids is 2. The molecule has 2 amide bonds. The number of amides is 2. The summed E-state index contributed by atoms with van der Waals surface area (Å²) in [7, 11) is 0. The van der Waals surface area contributed by atoms with Crippen LogP contribution in [0.5, 0.6) is 0 Å². The maximum Gasteiger partial charge on any atom is 0.270 e. The molecular weight excluding hydrogens is 280 g/mol. The van der Waals surface area contributed by atoms with E-state index in [1.54, 1.807) is 18.5 Å². The topological polar surface area (TPSA) is 84.0 Å². The van der Waals surface area contributed by atoms with Crippen molar-refractivity contribution >= 4 is 11.8 Å². The van der Waals surface area contributed by atoms with Crippen LogP contribution in [0.4, 0.5) is 0 Å². The lowest BCUT2D eigenvalue weighted by molar-refractivity contribution is 0.0946. The zero-order chi connectivity index (χ0) is 15.4. The van der Waals surface area contributed by atoms with Gasteiger partial charge in [-0.05, 0) is 42.7 Å². The van der Waals surface area contributed by atoms with Gasteiger partial charge in [0.1, 0.15) is 5.69 Å². The summed E-state index contributed by atoms with van der Waals surface area (Å²) in [5.41, 5.74) is 1.64. The Morgan fingerprint density at radius 2 is 1.86 bits per heavy atom. The van der Waals surface area contributed by atoms with Crippen molar-refractivity contribution in [2.24, 2.45) is 0 Å². The molecule has 0 spiro atoms. The van der Waals surface area contributed by atoms with Gasteiger partial charge in [-0.1, -0.05) is 0 Å². The normalized spacial score (nSPS) is 13.5. The highest BCUT2D eigenvalue weighted by Gasteiger charge is 2.24. The molecule has 22 heavy (non-hydrogen) atoms. The van der Waals surface area contributed by atoms with Crippen LogP contribution in [-0.4, -0.2) is 27.8 Å². The van der Waals surface area contributed by atoms with Gasteiger partial charge in [0.05, 0.1) is 0 Å². The maximum atomic E-state index is 12.1. The Bertz CT molecular complexity index is 684. The van der Waals surface area contributed by atoms with Crippen LogP contribution in [0.25, 0.3) is 0 Å². The summed E-state index contributed by atoms with van der Waals surface area (Å²) in [6.07, 6.45) is 6.86. The van der Waals surface area contributed by atoms with E-state index >= 15 is 0 Å². The Kier molecular flexibility index (Phi) is 4.09. The summed E-state index contributed by atoms with van der Waals surface area (Å²) in [5.74, 6) is -0.467. The minimum absolute atomic E-state index is 0.159. The second-order valence-electron chi connectivity index (χ2n) is 5.22. The first-order valence-electron chi connectivity index (χ1n) is 7.16. The number of aromatic nitrogens is 2. The van der Waals surface area contributed by atoms with Crippen molar-refractivity contribution < 1.29 is 9.59 Å². The molecule has 0 aromatic carbocycles. The van der Waals surface area contributed by atoms with E-state index in [4.69, 9.17) is 0 Å².